The molecule has 1 nitrogen and oxygen atoms in total. The van der Waals surface area contributed by atoms with Crippen LogP contribution in [0.3, 0.4) is 0 Å². The van der Waals surface area contributed by atoms with Crippen molar-refractivity contribution in [1.29, 1.82) is 0 Å². The average Bonchev–Trinajstić information content (AvgIpc) is 2.31. The number of ether oxygens (including phenoxy) is 1. The van der Waals surface area contributed by atoms with Crippen molar-refractivity contribution in [3.63, 3.8) is 0 Å². The molecule has 0 amide bonds. The van der Waals surface area contributed by atoms with Crippen molar-refractivity contribution in [3.8, 4) is 0 Å². The maximum atomic E-state index is 14.3. The monoisotopic (exact) mass is 364 g/mol. The van der Waals surface area contributed by atoms with E-state index >= 15 is 0 Å². The number of rotatable bonds is 5. The van der Waals surface area contributed by atoms with Crippen LogP contribution in [0.1, 0.15) is 26.7 Å². The Hall–Kier alpha value is -0.740. The molecular formula is C12H14F10O. The highest BCUT2D eigenvalue weighted by Gasteiger charge is 2.77. The van der Waals surface area contributed by atoms with Crippen LogP contribution in [0.15, 0.2) is 0 Å². The standard InChI is InChI=1S/C12H14F10O/c1-6-3-7(12(21,22)23-10(17,18)5-13)11(19,20)9(16,4-6)8(2,14)15/h6-7H,3-5H2,1-2H3. The van der Waals surface area contributed by atoms with Crippen molar-refractivity contribution < 1.29 is 48.6 Å². The molecule has 1 fully saturated rings. The smallest absolute Gasteiger partial charge is 0.253 e. The Morgan fingerprint density at radius 2 is 1.52 bits per heavy atom. The molecule has 3 atom stereocenters. The van der Waals surface area contributed by atoms with E-state index in [9.17, 15) is 43.9 Å². The predicted molar refractivity (Wildman–Crippen MR) is 58.2 cm³/mol. The van der Waals surface area contributed by atoms with Gasteiger partial charge in [-0.05, 0) is 18.8 Å². The molecule has 1 aliphatic carbocycles. The summed E-state index contributed by atoms with van der Waals surface area (Å²) in [7, 11) is 0. The van der Waals surface area contributed by atoms with Gasteiger partial charge in [-0.1, -0.05) is 6.92 Å². The fourth-order valence-electron chi connectivity index (χ4n) is 2.64. The van der Waals surface area contributed by atoms with Gasteiger partial charge in [-0.25, -0.2) is 26.3 Å². The van der Waals surface area contributed by atoms with Crippen molar-refractivity contribution in [2.45, 2.75) is 56.4 Å². The van der Waals surface area contributed by atoms with E-state index in [1.54, 1.807) is 0 Å². The summed E-state index contributed by atoms with van der Waals surface area (Å²) in [4.78, 5) is 0. The van der Waals surface area contributed by atoms with E-state index in [1.165, 1.54) is 0 Å². The van der Waals surface area contributed by atoms with Gasteiger partial charge in [0, 0.05) is 6.92 Å². The molecule has 0 radical (unpaired) electrons. The molecule has 138 valence electrons. The van der Waals surface area contributed by atoms with Crippen LogP contribution in [0.25, 0.3) is 0 Å². The minimum absolute atomic E-state index is 0.217. The van der Waals surface area contributed by atoms with Gasteiger partial charge < -0.3 is 0 Å². The Labute approximate surface area is 125 Å². The van der Waals surface area contributed by atoms with E-state index < -0.39 is 61.1 Å². The van der Waals surface area contributed by atoms with Crippen LogP contribution in [-0.4, -0.2) is 36.4 Å². The Morgan fingerprint density at radius 1 is 1.04 bits per heavy atom. The SMILES string of the molecule is CC1CC(C(F)(F)OC(F)(F)CF)C(F)(F)C(F)(C(C)(F)F)C1. The normalized spacial score (nSPS) is 32.9. The molecule has 1 rings (SSSR count). The van der Waals surface area contributed by atoms with E-state index in [0.29, 0.717) is 0 Å². The third-order valence-electron chi connectivity index (χ3n) is 3.78. The van der Waals surface area contributed by atoms with Gasteiger partial charge in [0.2, 0.25) is 5.67 Å². The average molecular weight is 364 g/mol. The van der Waals surface area contributed by atoms with Gasteiger partial charge in [-0.15, -0.1) is 0 Å². The van der Waals surface area contributed by atoms with Gasteiger partial charge in [-0.3, -0.25) is 4.74 Å². The largest absolute Gasteiger partial charge is 0.388 e. The minimum atomic E-state index is -5.42. The molecule has 1 saturated carbocycles. The highest BCUT2D eigenvalue weighted by molar-refractivity contribution is 5.10. The van der Waals surface area contributed by atoms with Gasteiger partial charge in [0.05, 0.1) is 0 Å². The van der Waals surface area contributed by atoms with Gasteiger partial charge >= 0.3 is 12.2 Å². The van der Waals surface area contributed by atoms with E-state index in [2.05, 4.69) is 4.74 Å². The summed E-state index contributed by atoms with van der Waals surface area (Å²) >= 11 is 0. The summed E-state index contributed by atoms with van der Waals surface area (Å²) in [6, 6.07) is 0. The molecule has 0 aromatic heterocycles. The summed E-state index contributed by atoms with van der Waals surface area (Å²) in [5, 5.41) is 0. The highest BCUT2D eigenvalue weighted by atomic mass is 19.3. The van der Waals surface area contributed by atoms with Crippen molar-refractivity contribution in [2.24, 2.45) is 11.8 Å². The van der Waals surface area contributed by atoms with Crippen LogP contribution in [0.4, 0.5) is 43.9 Å². The molecule has 0 spiro atoms. The first-order valence-corrected chi connectivity index (χ1v) is 6.46. The molecule has 0 aromatic carbocycles. The molecule has 11 heteroatoms. The first kappa shape index (κ1) is 20.3. The molecule has 0 saturated heterocycles. The third kappa shape index (κ3) is 3.53. The van der Waals surface area contributed by atoms with Gasteiger partial charge in [-0.2, -0.15) is 17.6 Å². The Kier molecular flexibility index (Phi) is 5.00. The lowest BCUT2D eigenvalue weighted by Crippen LogP contribution is -2.66. The molecule has 23 heavy (non-hydrogen) atoms. The fraction of sp³-hybridized carbons (Fsp3) is 1.00. The minimum Gasteiger partial charge on any atom is -0.253 e. The van der Waals surface area contributed by atoms with Crippen molar-refractivity contribution in [1.82, 2.24) is 0 Å². The second kappa shape index (κ2) is 5.66. The first-order chi connectivity index (χ1) is 10.0. The maximum Gasteiger partial charge on any atom is 0.388 e. The second-order valence-electron chi connectivity index (χ2n) is 5.84. The van der Waals surface area contributed by atoms with E-state index in [0.717, 1.165) is 6.92 Å². The second-order valence-corrected chi connectivity index (χ2v) is 5.84. The first-order valence-electron chi connectivity index (χ1n) is 6.46. The zero-order valence-electron chi connectivity index (χ0n) is 12.0. The van der Waals surface area contributed by atoms with Crippen LogP contribution in [0, 0.1) is 11.8 Å². The Bertz CT molecular complexity index is 432. The van der Waals surface area contributed by atoms with Crippen molar-refractivity contribution in [3.05, 3.63) is 0 Å². The van der Waals surface area contributed by atoms with Crippen LogP contribution in [0.5, 0.6) is 0 Å². The summed E-state index contributed by atoms with van der Waals surface area (Å²) < 4.78 is 136. The molecule has 0 aromatic rings. The zero-order valence-corrected chi connectivity index (χ0v) is 12.0. The lowest BCUT2D eigenvalue weighted by molar-refractivity contribution is -0.427. The maximum absolute atomic E-state index is 14.3. The number of halogens is 10. The Morgan fingerprint density at radius 3 is 1.91 bits per heavy atom. The molecular weight excluding hydrogens is 350 g/mol. The van der Waals surface area contributed by atoms with Gasteiger partial charge in [0.25, 0.3) is 11.8 Å². The summed E-state index contributed by atoms with van der Waals surface area (Å²) in [6.45, 7) is -2.03. The van der Waals surface area contributed by atoms with Crippen molar-refractivity contribution in [2.75, 3.05) is 6.67 Å². The predicted octanol–water partition coefficient (Wildman–Crippen LogP) is 5.20. The van der Waals surface area contributed by atoms with Crippen LogP contribution < -0.4 is 0 Å². The zero-order chi connectivity index (χ0) is 18.5. The molecule has 0 aliphatic heterocycles. The number of hydrogen-bond donors (Lipinski definition) is 0. The number of alkyl halides is 10. The summed E-state index contributed by atoms with van der Waals surface area (Å²) in [5.74, 6) is -15.1. The van der Waals surface area contributed by atoms with Crippen LogP contribution >= 0.6 is 0 Å². The van der Waals surface area contributed by atoms with E-state index in [4.69, 9.17) is 0 Å². The highest BCUT2D eigenvalue weighted by Crippen LogP contribution is 2.60. The fourth-order valence-corrected chi connectivity index (χ4v) is 2.64. The Balaban J connectivity index is 3.29. The summed E-state index contributed by atoms with van der Waals surface area (Å²) in [5.41, 5.74) is -4.68. The molecule has 1 aliphatic rings. The third-order valence-corrected chi connectivity index (χ3v) is 3.78. The molecule has 0 bridgehead atoms. The van der Waals surface area contributed by atoms with Gasteiger partial charge in [0.15, 0.2) is 6.67 Å². The molecule has 0 heterocycles. The quantitative estimate of drug-likeness (QED) is 0.609. The lowest BCUT2D eigenvalue weighted by atomic mass is 9.68. The number of hydrogen-bond acceptors (Lipinski definition) is 1. The summed E-state index contributed by atoms with van der Waals surface area (Å²) in [6.07, 6.45) is -13.2. The van der Waals surface area contributed by atoms with E-state index in [-0.39, 0.29) is 6.92 Å². The lowest BCUT2D eigenvalue weighted by Gasteiger charge is -2.48. The topological polar surface area (TPSA) is 9.23 Å². The molecule has 3 unspecified atom stereocenters. The van der Waals surface area contributed by atoms with E-state index in [1.807, 2.05) is 0 Å². The van der Waals surface area contributed by atoms with Crippen LogP contribution in [0.2, 0.25) is 0 Å². The van der Waals surface area contributed by atoms with Gasteiger partial charge in [0.1, 0.15) is 5.92 Å². The molecule has 0 N–H and O–H groups in total. The van der Waals surface area contributed by atoms with Crippen LogP contribution in [-0.2, 0) is 4.74 Å². The van der Waals surface area contributed by atoms with Crippen molar-refractivity contribution >= 4 is 0 Å².